The molecule has 0 spiro atoms. The first kappa shape index (κ1) is 15.1. The molecule has 1 amide bonds. The zero-order valence-electron chi connectivity index (χ0n) is 12.5. The molecule has 1 saturated carbocycles. The van der Waals surface area contributed by atoms with Crippen molar-refractivity contribution < 1.29 is 4.79 Å². The van der Waals surface area contributed by atoms with Gasteiger partial charge in [0, 0.05) is 23.2 Å². The van der Waals surface area contributed by atoms with E-state index in [0.29, 0.717) is 0 Å². The van der Waals surface area contributed by atoms with Crippen LogP contribution >= 0.6 is 11.6 Å². The minimum atomic E-state index is 0.0427. The standard InChI is InChI=1S/C18H19ClN2O/c1-20-11-13-5-2-3-8-17(13)21-18(22)16-10-15(16)12-6-4-7-14(19)9-12/h2-9,15-16,20H,10-11H2,1H3,(H,21,22)/t15-,16+/m0/s1. The van der Waals surface area contributed by atoms with Crippen molar-refractivity contribution in [3.8, 4) is 0 Å². The largest absolute Gasteiger partial charge is 0.326 e. The van der Waals surface area contributed by atoms with Crippen LogP contribution in [0.2, 0.25) is 5.02 Å². The highest BCUT2D eigenvalue weighted by molar-refractivity contribution is 6.30. The van der Waals surface area contributed by atoms with Gasteiger partial charge in [-0.2, -0.15) is 0 Å². The molecule has 2 atom stereocenters. The molecular formula is C18H19ClN2O. The molecule has 2 N–H and O–H groups in total. The van der Waals surface area contributed by atoms with Crippen LogP contribution in [0.15, 0.2) is 48.5 Å². The Hall–Kier alpha value is -1.84. The lowest BCUT2D eigenvalue weighted by molar-refractivity contribution is -0.117. The summed E-state index contributed by atoms with van der Waals surface area (Å²) in [5.41, 5.74) is 3.13. The van der Waals surface area contributed by atoms with Crippen LogP contribution in [0.3, 0.4) is 0 Å². The van der Waals surface area contributed by atoms with Crippen molar-refractivity contribution >= 4 is 23.2 Å². The molecule has 22 heavy (non-hydrogen) atoms. The van der Waals surface area contributed by atoms with Crippen LogP contribution in [-0.2, 0) is 11.3 Å². The molecule has 1 aliphatic carbocycles. The zero-order valence-corrected chi connectivity index (χ0v) is 13.2. The molecule has 2 aromatic rings. The molecule has 0 unspecified atom stereocenters. The van der Waals surface area contributed by atoms with Crippen LogP contribution in [0, 0.1) is 5.92 Å². The third-order valence-corrected chi connectivity index (χ3v) is 4.28. The third-order valence-electron chi connectivity index (χ3n) is 4.05. The van der Waals surface area contributed by atoms with E-state index in [1.165, 1.54) is 0 Å². The molecule has 0 aromatic heterocycles. The number of carbonyl (C=O) groups is 1. The highest BCUT2D eigenvalue weighted by Gasteiger charge is 2.44. The van der Waals surface area contributed by atoms with Gasteiger partial charge >= 0.3 is 0 Å². The topological polar surface area (TPSA) is 41.1 Å². The summed E-state index contributed by atoms with van der Waals surface area (Å²) in [6.45, 7) is 0.735. The maximum Gasteiger partial charge on any atom is 0.228 e. The minimum absolute atomic E-state index is 0.0427. The molecule has 0 bridgehead atoms. The summed E-state index contributed by atoms with van der Waals surface area (Å²) in [6, 6.07) is 15.7. The van der Waals surface area contributed by atoms with Crippen LogP contribution in [0.25, 0.3) is 0 Å². The van der Waals surface area contributed by atoms with Gasteiger partial charge in [-0.1, -0.05) is 41.9 Å². The van der Waals surface area contributed by atoms with Gasteiger partial charge in [0.05, 0.1) is 0 Å². The van der Waals surface area contributed by atoms with Crippen molar-refractivity contribution in [3.05, 3.63) is 64.7 Å². The lowest BCUT2D eigenvalue weighted by atomic mass is 10.1. The highest BCUT2D eigenvalue weighted by atomic mass is 35.5. The Bertz CT molecular complexity index is 686. The molecule has 0 saturated heterocycles. The fraction of sp³-hybridized carbons (Fsp3) is 0.278. The van der Waals surface area contributed by atoms with Crippen molar-refractivity contribution in [2.45, 2.75) is 18.9 Å². The summed E-state index contributed by atoms with van der Waals surface area (Å²) in [5, 5.41) is 6.90. The van der Waals surface area contributed by atoms with E-state index in [2.05, 4.69) is 10.6 Å². The van der Waals surface area contributed by atoms with Gasteiger partial charge in [0.15, 0.2) is 0 Å². The number of carbonyl (C=O) groups excluding carboxylic acids is 1. The lowest BCUT2D eigenvalue weighted by Gasteiger charge is -2.10. The van der Waals surface area contributed by atoms with Crippen molar-refractivity contribution in [3.63, 3.8) is 0 Å². The van der Waals surface area contributed by atoms with Gasteiger partial charge in [-0.15, -0.1) is 0 Å². The molecule has 114 valence electrons. The monoisotopic (exact) mass is 314 g/mol. The molecule has 2 aromatic carbocycles. The van der Waals surface area contributed by atoms with Crippen LogP contribution in [0.5, 0.6) is 0 Å². The summed E-state index contributed by atoms with van der Waals surface area (Å²) in [5.74, 6) is 0.421. The van der Waals surface area contributed by atoms with Crippen molar-refractivity contribution in [1.29, 1.82) is 0 Å². The van der Waals surface area contributed by atoms with Crippen LogP contribution in [-0.4, -0.2) is 13.0 Å². The van der Waals surface area contributed by atoms with E-state index < -0.39 is 0 Å². The van der Waals surface area contributed by atoms with E-state index in [9.17, 15) is 4.79 Å². The summed E-state index contributed by atoms with van der Waals surface area (Å²) >= 11 is 6.02. The summed E-state index contributed by atoms with van der Waals surface area (Å²) < 4.78 is 0. The minimum Gasteiger partial charge on any atom is -0.326 e. The molecule has 3 nitrogen and oxygen atoms in total. The third kappa shape index (κ3) is 3.32. The Kier molecular flexibility index (Phi) is 4.46. The first-order valence-electron chi connectivity index (χ1n) is 7.48. The number of benzene rings is 2. The second-order valence-electron chi connectivity index (χ2n) is 5.68. The Morgan fingerprint density at radius 3 is 2.82 bits per heavy atom. The second-order valence-corrected chi connectivity index (χ2v) is 6.12. The SMILES string of the molecule is CNCc1ccccc1NC(=O)[C@@H]1C[C@H]1c1cccc(Cl)c1. The Labute approximate surface area is 135 Å². The molecule has 1 fully saturated rings. The van der Waals surface area contributed by atoms with Crippen molar-refractivity contribution in [1.82, 2.24) is 5.32 Å². The fourth-order valence-corrected chi connectivity index (χ4v) is 3.00. The van der Waals surface area contributed by atoms with E-state index in [1.807, 2.05) is 55.6 Å². The number of anilines is 1. The van der Waals surface area contributed by atoms with E-state index in [-0.39, 0.29) is 17.7 Å². The van der Waals surface area contributed by atoms with Gasteiger partial charge in [-0.3, -0.25) is 4.79 Å². The number of nitrogens with one attached hydrogen (secondary N) is 2. The molecule has 0 radical (unpaired) electrons. The van der Waals surface area contributed by atoms with Gasteiger partial charge in [-0.05, 0) is 48.7 Å². The average molecular weight is 315 g/mol. The zero-order chi connectivity index (χ0) is 15.5. The summed E-state index contributed by atoms with van der Waals surface area (Å²) in [7, 11) is 1.90. The summed E-state index contributed by atoms with van der Waals surface area (Å²) in [6.07, 6.45) is 0.889. The van der Waals surface area contributed by atoms with E-state index in [4.69, 9.17) is 11.6 Å². The maximum atomic E-state index is 12.4. The van der Waals surface area contributed by atoms with Crippen molar-refractivity contribution in [2.75, 3.05) is 12.4 Å². The van der Waals surface area contributed by atoms with E-state index >= 15 is 0 Å². The van der Waals surface area contributed by atoms with Gasteiger partial charge in [0.1, 0.15) is 0 Å². The lowest BCUT2D eigenvalue weighted by Crippen LogP contribution is -2.17. The fourth-order valence-electron chi connectivity index (χ4n) is 2.80. The molecule has 0 heterocycles. The van der Waals surface area contributed by atoms with Gasteiger partial charge in [0.2, 0.25) is 5.91 Å². The van der Waals surface area contributed by atoms with Crippen LogP contribution in [0.4, 0.5) is 5.69 Å². The Morgan fingerprint density at radius 2 is 2.05 bits per heavy atom. The molecule has 3 rings (SSSR count). The van der Waals surface area contributed by atoms with E-state index in [1.54, 1.807) is 0 Å². The Balaban J connectivity index is 1.67. The molecule has 1 aliphatic rings. The smallest absolute Gasteiger partial charge is 0.228 e. The number of rotatable bonds is 5. The van der Waals surface area contributed by atoms with Crippen molar-refractivity contribution in [2.24, 2.45) is 5.92 Å². The van der Waals surface area contributed by atoms with Gasteiger partial charge in [-0.25, -0.2) is 0 Å². The summed E-state index contributed by atoms with van der Waals surface area (Å²) in [4.78, 5) is 12.4. The van der Waals surface area contributed by atoms with Gasteiger partial charge in [0.25, 0.3) is 0 Å². The Morgan fingerprint density at radius 1 is 1.23 bits per heavy atom. The first-order valence-corrected chi connectivity index (χ1v) is 7.85. The molecule has 0 aliphatic heterocycles. The van der Waals surface area contributed by atoms with Crippen LogP contribution in [0.1, 0.15) is 23.5 Å². The average Bonchev–Trinajstić information content (AvgIpc) is 3.30. The number of amides is 1. The quantitative estimate of drug-likeness (QED) is 0.881. The highest BCUT2D eigenvalue weighted by Crippen LogP contribution is 2.48. The predicted molar refractivity (Wildman–Crippen MR) is 90.1 cm³/mol. The second kappa shape index (κ2) is 6.51. The van der Waals surface area contributed by atoms with Gasteiger partial charge < -0.3 is 10.6 Å². The number of halogens is 1. The maximum absolute atomic E-state index is 12.4. The molecular weight excluding hydrogens is 296 g/mol. The molecule has 4 heteroatoms. The first-order chi connectivity index (χ1) is 10.7. The van der Waals surface area contributed by atoms with E-state index in [0.717, 1.165) is 34.8 Å². The van der Waals surface area contributed by atoms with Crippen LogP contribution < -0.4 is 10.6 Å². The normalized spacial score (nSPS) is 19.7. The number of hydrogen-bond acceptors (Lipinski definition) is 2. The predicted octanol–water partition coefficient (Wildman–Crippen LogP) is 3.80. The number of para-hydroxylation sites is 1. The number of hydrogen-bond donors (Lipinski definition) is 2.